The molecule has 3 rings (SSSR count). The van der Waals surface area contributed by atoms with E-state index >= 15 is 0 Å². The Labute approximate surface area is 189 Å². The predicted octanol–water partition coefficient (Wildman–Crippen LogP) is 2.85. The Bertz CT molecular complexity index is 1050. The predicted molar refractivity (Wildman–Crippen MR) is 125 cm³/mol. The largest absolute Gasteiger partial charge is 0.386 e. The van der Waals surface area contributed by atoms with Gasteiger partial charge in [0.2, 0.25) is 0 Å². The van der Waals surface area contributed by atoms with E-state index in [2.05, 4.69) is 16.7 Å². The molecule has 2 aromatic rings. The summed E-state index contributed by atoms with van der Waals surface area (Å²) in [7, 11) is -3.46. The molecule has 168 valence electrons. The number of aliphatic hydroxyl groups excluding tert-OH is 1. The van der Waals surface area contributed by atoms with Crippen LogP contribution in [-0.4, -0.2) is 55.2 Å². The molecule has 1 aromatic carbocycles. The standard InChI is InChI=1S/C23H30N2O4S2/c1-17(2)21(26)10-7-18-16-19(23(3,4)27)8-9-20(18)24-11-13-25(14-12-24)31(28,29)22-6-5-15-30-22/h5-6,8-9,15-17,21,26-27H,11-14H2,1-4H3/t21-/m0/s1. The second kappa shape index (κ2) is 9.31. The van der Waals surface area contributed by atoms with Crippen LogP contribution < -0.4 is 4.90 Å². The van der Waals surface area contributed by atoms with E-state index in [1.807, 2.05) is 32.0 Å². The molecule has 0 aliphatic carbocycles. The average molecular weight is 463 g/mol. The third-order valence-electron chi connectivity index (χ3n) is 5.36. The van der Waals surface area contributed by atoms with Crippen molar-refractivity contribution < 1.29 is 18.6 Å². The number of thiophene rings is 1. The van der Waals surface area contributed by atoms with E-state index in [4.69, 9.17) is 0 Å². The second-order valence-electron chi connectivity index (χ2n) is 8.57. The van der Waals surface area contributed by atoms with Gasteiger partial charge >= 0.3 is 0 Å². The van der Waals surface area contributed by atoms with Gasteiger partial charge in [0.15, 0.2) is 0 Å². The fourth-order valence-electron chi connectivity index (χ4n) is 3.32. The van der Waals surface area contributed by atoms with Crippen LogP contribution in [0.25, 0.3) is 0 Å². The minimum atomic E-state index is -3.46. The van der Waals surface area contributed by atoms with Crippen molar-refractivity contribution in [2.24, 2.45) is 5.92 Å². The molecule has 31 heavy (non-hydrogen) atoms. The molecular formula is C23H30N2O4S2. The van der Waals surface area contributed by atoms with Gasteiger partial charge in [-0.3, -0.25) is 0 Å². The van der Waals surface area contributed by atoms with Crippen molar-refractivity contribution in [3.63, 3.8) is 0 Å². The van der Waals surface area contributed by atoms with Gasteiger partial charge in [-0.05, 0) is 48.9 Å². The summed E-state index contributed by atoms with van der Waals surface area (Å²) in [4.78, 5) is 2.11. The molecule has 1 aliphatic rings. The summed E-state index contributed by atoms with van der Waals surface area (Å²) in [6.45, 7) is 9.08. The van der Waals surface area contributed by atoms with Crippen LogP contribution >= 0.6 is 11.3 Å². The number of sulfonamides is 1. The summed E-state index contributed by atoms with van der Waals surface area (Å²) in [6.07, 6.45) is -0.744. The summed E-state index contributed by atoms with van der Waals surface area (Å²) in [5, 5.41) is 22.3. The van der Waals surface area contributed by atoms with Crippen LogP contribution in [-0.2, 0) is 15.6 Å². The molecule has 8 heteroatoms. The first-order valence-electron chi connectivity index (χ1n) is 10.4. The number of hydrogen-bond donors (Lipinski definition) is 2. The van der Waals surface area contributed by atoms with Crippen LogP contribution in [0.3, 0.4) is 0 Å². The molecule has 1 atom stereocenters. The molecular weight excluding hydrogens is 432 g/mol. The number of rotatable bonds is 5. The maximum absolute atomic E-state index is 12.8. The Hall–Kier alpha value is -1.89. The van der Waals surface area contributed by atoms with E-state index in [-0.39, 0.29) is 5.92 Å². The number of piperazine rings is 1. The summed E-state index contributed by atoms with van der Waals surface area (Å²) in [5.74, 6) is 6.00. The SMILES string of the molecule is CC(C)[C@@H](O)C#Cc1cc(C(C)(C)O)ccc1N1CCN(S(=O)(=O)c2cccs2)CC1. The second-order valence-corrected chi connectivity index (χ2v) is 11.7. The van der Waals surface area contributed by atoms with Gasteiger partial charge in [-0.1, -0.05) is 37.8 Å². The first-order chi connectivity index (χ1) is 14.5. The lowest BCUT2D eigenvalue weighted by molar-refractivity contribution is 0.0786. The lowest BCUT2D eigenvalue weighted by Gasteiger charge is -2.36. The van der Waals surface area contributed by atoms with Crippen LogP contribution in [0.1, 0.15) is 38.8 Å². The third-order valence-corrected chi connectivity index (χ3v) is 8.63. The molecule has 6 nitrogen and oxygen atoms in total. The zero-order valence-electron chi connectivity index (χ0n) is 18.4. The van der Waals surface area contributed by atoms with Gasteiger partial charge < -0.3 is 15.1 Å². The number of aliphatic hydroxyl groups is 2. The lowest BCUT2D eigenvalue weighted by Crippen LogP contribution is -2.48. The highest BCUT2D eigenvalue weighted by Gasteiger charge is 2.30. The third kappa shape index (κ3) is 5.48. The van der Waals surface area contributed by atoms with Gasteiger partial charge in [-0.15, -0.1) is 11.3 Å². The summed E-state index contributed by atoms with van der Waals surface area (Å²) in [5.41, 5.74) is 1.32. The van der Waals surface area contributed by atoms with Gasteiger partial charge in [0.1, 0.15) is 10.3 Å². The Morgan fingerprint density at radius 2 is 1.81 bits per heavy atom. The minimum Gasteiger partial charge on any atom is -0.386 e. The van der Waals surface area contributed by atoms with E-state index in [1.165, 1.54) is 15.6 Å². The zero-order valence-corrected chi connectivity index (χ0v) is 20.0. The molecule has 2 N–H and O–H groups in total. The first-order valence-corrected chi connectivity index (χ1v) is 12.7. The zero-order chi connectivity index (χ0) is 22.8. The molecule has 0 saturated carbocycles. The number of anilines is 1. The van der Waals surface area contributed by atoms with Crippen molar-refractivity contribution in [2.45, 2.75) is 43.6 Å². The Morgan fingerprint density at radius 1 is 1.13 bits per heavy atom. The maximum atomic E-state index is 12.8. The van der Waals surface area contributed by atoms with Gasteiger partial charge in [0.05, 0.1) is 11.3 Å². The molecule has 0 radical (unpaired) electrons. The van der Waals surface area contributed by atoms with E-state index in [0.717, 1.165) is 11.3 Å². The van der Waals surface area contributed by atoms with Crippen LogP contribution in [0.5, 0.6) is 0 Å². The van der Waals surface area contributed by atoms with E-state index in [0.29, 0.717) is 36.0 Å². The van der Waals surface area contributed by atoms with Crippen LogP contribution in [0.2, 0.25) is 0 Å². The highest BCUT2D eigenvalue weighted by atomic mass is 32.2. The highest BCUT2D eigenvalue weighted by molar-refractivity contribution is 7.91. The Morgan fingerprint density at radius 3 is 2.35 bits per heavy atom. The number of hydrogen-bond acceptors (Lipinski definition) is 6. The molecule has 1 fully saturated rings. The Balaban J connectivity index is 1.85. The molecule has 2 heterocycles. The van der Waals surface area contributed by atoms with Crippen molar-refractivity contribution in [3.8, 4) is 11.8 Å². The molecule has 1 aliphatic heterocycles. The molecule has 0 spiro atoms. The Kier molecular flexibility index (Phi) is 7.14. The van der Waals surface area contributed by atoms with Gasteiger partial charge in [0, 0.05) is 31.7 Å². The van der Waals surface area contributed by atoms with Crippen LogP contribution in [0.15, 0.2) is 39.9 Å². The lowest BCUT2D eigenvalue weighted by atomic mass is 9.95. The number of nitrogens with zero attached hydrogens (tertiary/aromatic N) is 2. The van der Waals surface area contributed by atoms with E-state index in [9.17, 15) is 18.6 Å². The first kappa shape index (κ1) is 23.8. The smallest absolute Gasteiger partial charge is 0.252 e. The van der Waals surface area contributed by atoms with Crippen molar-refractivity contribution in [1.82, 2.24) is 4.31 Å². The molecule has 1 aromatic heterocycles. The average Bonchev–Trinajstić information content (AvgIpc) is 3.27. The monoisotopic (exact) mass is 462 g/mol. The molecule has 0 unspecified atom stereocenters. The summed E-state index contributed by atoms with van der Waals surface area (Å²) < 4.78 is 27.5. The molecule has 0 amide bonds. The maximum Gasteiger partial charge on any atom is 0.252 e. The minimum absolute atomic E-state index is 0.0134. The number of benzene rings is 1. The van der Waals surface area contributed by atoms with Gasteiger partial charge in [0.25, 0.3) is 10.0 Å². The van der Waals surface area contributed by atoms with Crippen molar-refractivity contribution in [1.29, 1.82) is 0 Å². The normalized spacial score (nSPS) is 16.8. The highest BCUT2D eigenvalue weighted by Crippen LogP contribution is 2.29. The van der Waals surface area contributed by atoms with Crippen molar-refractivity contribution >= 4 is 27.0 Å². The molecule has 1 saturated heterocycles. The summed E-state index contributed by atoms with van der Waals surface area (Å²) in [6, 6.07) is 9.02. The van der Waals surface area contributed by atoms with E-state index in [1.54, 1.807) is 31.4 Å². The summed E-state index contributed by atoms with van der Waals surface area (Å²) >= 11 is 1.23. The fourth-order valence-corrected chi connectivity index (χ4v) is 5.88. The fraction of sp³-hybridized carbons (Fsp3) is 0.478. The van der Waals surface area contributed by atoms with Gasteiger partial charge in [-0.25, -0.2) is 8.42 Å². The van der Waals surface area contributed by atoms with Crippen molar-refractivity contribution in [3.05, 3.63) is 46.8 Å². The van der Waals surface area contributed by atoms with Crippen molar-refractivity contribution in [2.75, 3.05) is 31.1 Å². The van der Waals surface area contributed by atoms with E-state index < -0.39 is 21.7 Å². The topological polar surface area (TPSA) is 81.1 Å². The van der Waals surface area contributed by atoms with Crippen LogP contribution in [0, 0.1) is 17.8 Å². The molecule has 0 bridgehead atoms. The van der Waals surface area contributed by atoms with Crippen LogP contribution in [0.4, 0.5) is 5.69 Å². The van der Waals surface area contributed by atoms with Gasteiger partial charge in [-0.2, -0.15) is 4.31 Å². The quantitative estimate of drug-likeness (QED) is 0.668.